The Morgan fingerprint density at radius 3 is 1.37 bits per heavy atom. The van der Waals surface area contributed by atoms with Gasteiger partial charge in [-0.3, -0.25) is 48.6 Å². The third kappa shape index (κ3) is 21.0. The summed E-state index contributed by atoms with van der Waals surface area (Å²) >= 11 is 0. The number of benzene rings is 6. The van der Waals surface area contributed by atoms with Crippen LogP contribution in [0, 0.1) is 17.7 Å². The van der Waals surface area contributed by atoms with Crippen LogP contribution in [0.3, 0.4) is 0 Å². The van der Waals surface area contributed by atoms with E-state index >= 15 is 0 Å². The van der Waals surface area contributed by atoms with Gasteiger partial charge >= 0.3 is 37.0 Å². The summed E-state index contributed by atoms with van der Waals surface area (Å²) in [5.41, 5.74) is 16.2. The second-order valence-electron chi connectivity index (χ2n) is 37.8. The molecule has 4 atom stereocenters. The lowest BCUT2D eigenvalue weighted by molar-refractivity contribution is -0.143. The Labute approximate surface area is 818 Å². The van der Waals surface area contributed by atoms with Crippen LogP contribution in [-0.2, 0) is 114 Å². The minimum Gasteiger partial charge on any atom is -0.481 e. The average molecular weight is 1970 g/mol. The number of aromatic amines is 1. The molecule has 1 saturated heterocycles. The summed E-state index contributed by atoms with van der Waals surface area (Å²) in [6, 6.07) is 39.2. The normalized spacial score (nSPS) is 19.8. The van der Waals surface area contributed by atoms with Gasteiger partial charge in [-0.2, -0.15) is 19.0 Å². The summed E-state index contributed by atoms with van der Waals surface area (Å²) in [6.07, 6.45) is 21.3. The number of ketones is 1. The van der Waals surface area contributed by atoms with Crippen molar-refractivity contribution in [2.45, 2.75) is 244 Å². The molecular weight excluding hydrogens is 1850 g/mol. The van der Waals surface area contributed by atoms with Gasteiger partial charge in [0.25, 0.3) is 5.56 Å². The number of Topliss-reactive ketones (excluding diaryl/α,β-unsaturated/α-hetero) is 1. The van der Waals surface area contributed by atoms with Crippen LogP contribution >= 0.6 is 0 Å². The molecule has 748 valence electrons. The van der Waals surface area contributed by atoms with Crippen molar-refractivity contribution < 1.29 is 83.9 Å². The van der Waals surface area contributed by atoms with Crippen LogP contribution in [0.5, 0.6) is 5.75 Å². The van der Waals surface area contributed by atoms with E-state index in [0.29, 0.717) is 75.2 Å². The molecule has 5 aliphatic heterocycles. The van der Waals surface area contributed by atoms with Crippen LogP contribution in [0.1, 0.15) is 199 Å². The largest absolute Gasteiger partial charge is 0.481 e. The molecule has 0 bridgehead atoms. The number of pyridine rings is 1. The lowest BCUT2D eigenvalue weighted by Crippen LogP contribution is -2.42. The Kier molecular flexibility index (Phi) is 30.2. The molecule has 0 spiro atoms. The predicted octanol–water partition coefficient (Wildman–Crippen LogP) is 17.8. The predicted molar refractivity (Wildman–Crippen MR) is 529 cm³/mol. The molecule has 20 rings (SSSR count). The highest BCUT2D eigenvalue weighted by molar-refractivity contribution is 7.91. The number of ether oxygens (including phenoxy) is 5. The average Bonchev–Trinajstić information content (AvgIpc) is 1.59. The summed E-state index contributed by atoms with van der Waals surface area (Å²) in [4.78, 5) is 126. The zero-order valence-electron chi connectivity index (χ0n) is 81.1. The maximum atomic E-state index is 14.5. The smallest absolute Gasteiger partial charge is 0.414 e. The maximum Gasteiger partial charge on any atom is 0.414 e. The van der Waals surface area contributed by atoms with E-state index in [9.17, 15) is 65.1 Å². The Morgan fingerprint density at radius 1 is 0.486 bits per heavy atom. The molecule has 13 aromatic rings. The molecule has 0 radical (unpaired) electrons. The number of carboxylic acids is 1. The number of carbonyl (C=O) groups excluding carboxylic acids is 6. The Morgan fingerprint density at radius 2 is 0.930 bits per heavy atom. The highest BCUT2D eigenvalue weighted by atomic mass is 32.2. The van der Waals surface area contributed by atoms with Gasteiger partial charge in [-0.05, 0) is 234 Å². The number of nitrogens with one attached hydrogen (secondary N) is 2. The van der Waals surface area contributed by atoms with E-state index in [1.54, 1.807) is 73.9 Å². The van der Waals surface area contributed by atoms with Crippen molar-refractivity contribution in [1.29, 1.82) is 0 Å². The van der Waals surface area contributed by atoms with E-state index in [1.807, 2.05) is 110 Å². The fourth-order valence-electron chi connectivity index (χ4n) is 21.8. The molecule has 3 N–H and O–H groups in total. The second-order valence-corrected chi connectivity index (χ2v) is 40.1. The molecule has 2 aliphatic carbocycles. The zero-order valence-corrected chi connectivity index (χ0v) is 81.9. The van der Waals surface area contributed by atoms with Crippen LogP contribution in [0.15, 0.2) is 157 Å². The number of alkyl halides is 2. The first-order valence-corrected chi connectivity index (χ1v) is 50.5. The number of nitrogens with zero attached hydrogens (tertiary/aromatic N) is 16. The van der Waals surface area contributed by atoms with E-state index in [4.69, 9.17) is 38.9 Å². The van der Waals surface area contributed by atoms with Gasteiger partial charge in [0, 0.05) is 140 Å². The number of methoxy groups -OCH3 is 4. The third-order valence-corrected chi connectivity index (χ3v) is 30.8. The highest BCUT2D eigenvalue weighted by Crippen LogP contribution is 2.47. The lowest BCUT2D eigenvalue weighted by Gasteiger charge is -2.34. The summed E-state index contributed by atoms with van der Waals surface area (Å²) in [5.74, 6) is 1.94. The number of H-pyrrole nitrogens is 1. The fourth-order valence-corrected chi connectivity index (χ4v) is 23.2. The van der Waals surface area contributed by atoms with Gasteiger partial charge < -0.3 is 56.9 Å². The number of aromatic nitrogens is 13. The van der Waals surface area contributed by atoms with Crippen LogP contribution in [0.4, 0.5) is 60.9 Å². The Bertz CT molecular complexity index is 7010. The molecule has 5 amide bonds. The number of aliphatic carboxylic acids is 1. The SMILES string of the molecule is COC(=O)N1c2ccc3c(nc(CCn4ccccc4=O)n3CC(=O)Nc3ccn[nH]3)c2CC[C@@H]1C.COC(=O)N1c2ccc3c(nc(CCn4cccn4)n3C3CCS(=O)(=O)CC3)c2CC[C@@H]1C.COC(=O)N1c2ccc3c(nc(Cc4ccc(OC(F)F)c(F)c4)n3C3CCC(C(C)=O)CC3)c2CC[C@@H]1C.COC(=O)N1c2ccc3c(nc(Cc4ccccc4)n3C3CCC(C(=O)O)CC3)c2CC[C@@H]1C. The Hall–Kier alpha value is -14.2. The first kappa shape index (κ1) is 99.4. The molecule has 3 fully saturated rings. The van der Waals surface area contributed by atoms with Gasteiger partial charge in [0.05, 0.1) is 119 Å². The highest BCUT2D eigenvalue weighted by Gasteiger charge is 2.40. The number of halogens is 3. The van der Waals surface area contributed by atoms with Gasteiger partial charge in [-0.15, -0.1) is 0 Å². The molecule has 34 nitrogen and oxygen atoms in total. The number of fused-ring (bicyclic) bond motifs is 12. The first-order chi connectivity index (χ1) is 68.5. The minimum absolute atomic E-state index is 0.00547. The number of anilines is 5. The standard InChI is InChI=1S/C29H32F3N3O4.C27H31N3O4.C25H27N7O4.C23H29N5O4S/c1-16-4-10-21-23(34(16)29(37)38-3)11-12-24-27(21)33-26(35(24)20-8-6-19(7-9-20)17(2)36)15-18-5-13-25(22(30)14-18)39-28(31)32;1-17-8-13-21-22(29(17)27(33)34-2)14-15-23-25(21)28-24(16-18-6-4-3-5-7-18)30(23)20-11-9-19(10-12-20)26(31)32;1-16-6-7-17-18(32(16)25(35)36-2)8-9-19-24(17)28-21(11-14-30-13-4-3-5-23(30)34)31(19)15-22(33)27-20-10-12-26-29-20;1-16-4-5-18-19(27(16)23(29)32-2)6-7-20-22(18)25-21(8-13-26-12-3-11-24-26)28(20)17-9-14-33(30,31)15-10-17/h5,11-14,16,19-20,28H,4,6-10,15H2,1-3H3;3-7,14-15,17,19-20H,8-13,16H2,1-2H3,(H,31,32);3-5,8-10,12-13,16H,6-7,11,14-15H2,1-2H3,(H2,26,27,29,33);3,6-7,11-12,16-17H,4-5,8-10,13-15H2,1-2H3/t16-,19?,20?;17-,19?,20?;2*16-/m0000/s1. The van der Waals surface area contributed by atoms with Gasteiger partial charge in [0.1, 0.15) is 51.3 Å². The topological polar surface area (TPSA) is 385 Å². The summed E-state index contributed by atoms with van der Waals surface area (Å²) < 4.78 is 100. The first-order valence-electron chi connectivity index (χ1n) is 48.7. The molecule has 142 heavy (non-hydrogen) atoms. The van der Waals surface area contributed by atoms with Crippen molar-refractivity contribution in [1.82, 2.24) is 62.7 Å². The van der Waals surface area contributed by atoms with E-state index in [0.717, 1.165) is 197 Å². The quantitative estimate of drug-likeness (QED) is 0.0597. The zero-order chi connectivity index (χ0) is 100. The molecule has 12 heterocycles. The van der Waals surface area contributed by atoms with E-state index < -0.39 is 46.2 Å². The summed E-state index contributed by atoms with van der Waals surface area (Å²) in [7, 11) is 2.59. The number of sulfone groups is 1. The molecule has 38 heteroatoms. The van der Waals surface area contributed by atoms with E-state index in [1.165, 1.54) is 52.2 Å². The number of carboxylic acid groups (broad SMARTS) is 1. The lowest BCUT2D eigenvalue weighted by atomic mass is 9.83. The molecule has 2 saturated carbocycles. The molecule has 7 aromatic heterocycles. The van der Waals surface area contributed by atoms with Crippen LogP contribution in [0.25, 0.3) is 44.1 Å². The van der Waals surface area contributed by atoms with Crippen molar-refractivity contribution >= 4 is 125 Å². The fraction of sp³-hybridized carbons (Fsp3) is 0.442. The van der Waals surface area contributed by atoms with Gasteiger partial charge in [0.15, 0.2) is 11.6 Å². The van der Waals surface area contributed by atoms with E-state index in [2.05, 4.69) is 57.3 Å². The molecular formula is C104H119F3N18O16S. The van der Waals surface area contributed by atoms with Crippen molar-refractivity contribution in [3.05, 3.63) is 225 Å². The monoisotopic (exact) mass is 1960 g/mol. The summed E-state index contributed by atoms with van der Waals surface area (Å²) in [6.45, 7) is 7.71. The number of rotatable bonds is 20. The summed E-state index contributed by atoms with van der Waals surface area (Å²) in [5, 5.41) is 23.2. The third-order valence-electron chi connectivity index (χ3n) is 29.1. The number of imidazole rings is 4. The van der Waals surface area contributed by atoms with Gasteiger partial charge in [-0.1, -0.05) is 42.5 Å². The second kappa shape index (κ2) is 43.1. The van der Waals surface area contributed by atoms with Crippen LogP contribution in [0.2, 0.25) is 0 Å². The number of hydrogen-bond donors (Lipinski definition) is 3. The van der Waals surface area contributed by atoms with Crippen molar-refractivity contribution in [2.75, 3.05) is 64.9 Å². The van der Waals surface area contributed by atoms with Crippen molar-refractivity contribution in [3.8, 4) is 5.75 Å². The van der Waals surface area contributed by atoms with Gasteiger partial charge in [-0.25, -0.2) is 51.9 Å². The van der Waals surface area contributed by atoms with Crippen LogP contribution < -0.4 is 35.2 Å². The van der Waals surface area contributed by atoms with Crippen molar-refractivity contribution in [3.63, 3.8) is 0 Å². The number of aryl methyl sites for hydroxylation is 8. The van der Waals surface area contributed by atoms with E-state index in [-0.39, 0.29) is 108 Å². The van der Waals surface area contributed by atoms with Gasteiger partial charge in [0.2, 0.25) is 5.91 Å². The van der Waals surface area contributed by atoms with Crippen LogP contribution in [-0.4, -0.2) is 189 Å². The molecule has 6 aromatic carbocycles. The Balaban J connectivity index is 0.000000130. The number of amides is 5. The minimum atomic E-state index is -3.11. The van der Waals surface area contributed by atoms with Crippen molar-refractivity contribution in [2.24, 2.45) is 11.8 Å². The molecule has 0 unspecified atom stereocenters. The maximum absolute atomic E-state index is 14.5. The number of carbonyl (C=O) groups is 7. The molecule has 7 aliphatic rings. The number of hydrogen-bond acceptors (Lipinski definition) is 21.